The Labute approximate surface area is 99.5 Å². The monoisotopic (exact) mass is 240 g/mol. The summed E-state index contributed by atoms with van der Waals surface area (Å²) in [5.74, 6) is 0. The Morgan fingerprint density at radius 2 is 1.76 bits per heavy atom. The van der Waals surface area contributed by atoms with E-state index in [1.165, 1.54) is 12.1 Å². The van der Waals surface area contributed by atoms with Gasteiger partial charge in [0.1, 0.15) is 5.60 Å². The fourth-order valence-corrected chi connectivity index (χ4v) is 0.851. The molecule has 0 aliphatic carbocycles. The number of non-ortho nitro benzene ring substituents is 1. The molecule has 0 unspecified atom stereocenters. The molecule has 0 saturated carbocycles. The molecular formula is C11H16N2O4. The van der Waals surface area contributed by atoms with Gasteiger partial charge >= 0.3 is 6.09 Å². The fourth-order valence-electron chi connectivity index (χ4n) is 0.851. The quantitative estimate of drug-likeness (QED) is 0.602. The summed E-state index contributed by atoms with van der Waals surface area (Å²) in [6.45, 7) is 5.28. The number of benzene rings is 1. The molecule has 6 nitrogen and oxygen atoms in total. The van der Waals surface area contributed by atoms with Crippen LogP contribution in [0.1, 0.15) is 20.8 Å². The van der Waals surface area contributed by atoms with E-state index < -0.39 is 16.6 Å². The van der Waals surface area contributed by atoms with Crippen molar-refractivity contribution in [2.45, 2.75) is 26.4 Å². The molecule has 2 N–H and O–H groups in total. The van der Waals surface area contributed by atoms with Gasteiger partial charge < -0.3 is 10.5 Å². The normalized spacial score (nSPS) is 9.82. The van der Waals surface area contributed by atoms with Gasteiger partial charge in [-0.2, -0.15) is 0 Å². The van der Waals surface area contributed by atoms with Gasteiger partial charge in [-0.15, -0.1) is 0 Å². The molecule has 0 saturated heterocycles. The second kappa shape index (κ2) is 6.47. The number of hydrogen-bond donors (Lipinski definition) is 1. The lowest BCUT2D eigenvalue weighted by Gasteiger charge is -2.16. The first-order valence-corrected chi connectivity index (χ1v) is 4.90. The van der Waals surface area contributed by atoms with Crippen molar-refractivity contribution in [2.75, 3.05) is 0 Å². The summed E-state index contributed by atoms with van der Waals surface area (Å²) in [5.41, 5.74) is 4.40. The zero-order chi connectivity index (χ0) is 13.5. The van der Waals surface area contributed by atoms with Gasteiger partial charge in [-0.3, -0.25) is 10.1 Å². The maximum absolute atomic E-state index is 10.0. The van der Waals surface area contributed by atoms with Crippen LogP contribution < -0.4 is 5.73 Å². The SMILES string of the molecule is CC(C)(C)OC(N)=O.O=[N+]([O-])c1ccccc1. The Kier molecular flexibility index (Phi) is 5.66. The molecular weight excluding hydrogens is 224 g/mol. The largest absolute Gasteiger partial charge is 0.444 e. The molecule has 0 fully saturated rings. The van der Waals surface area contributed by atoms with E-state index in [-0.39, 0.29) is 5.69 Å². The molecule has 0 aliphatic rings. The Bertz CT molecular complexity index is 371. The van der Waals surface area contributed by atoms with Crippen LogP contribution in [0.3, 0.4) is 0 Å². The highest BCUT2D eigenvalue weighted by Gasteiger charge is 2.12. The minimum absolute atomic E-state index is 0.137. The number of ether oxygens (including phenoxy) is 1. The van der Waals surface area contributed by atoms with Gasteiger partial charge in [0.2, 0.25) is 0 Å². The van der Waals surface area contributed by atoms with Gasteiger partial charge in [0.05, 0.1) is 4.92 Å². The van der Waals surface area contributed by atoms with Crippen molar-refractivity contribution < 1.29 is 14.5 Å². The van der Waals surface area contributed by atoms with Crippen molar-refractivity contribution in [2.24, 2.45) is 5.73 Å². The maximum Gasteiger partial charge on any atom is 0.405 e. The Morgan fingerprint density at radius 3 is 1.94 bits per heavy atom. The summed E-state index contributed by atoms with van der Waals surface area (Å²) < 4.78 is 4.58. The smallest absolute Gasteiger partial charge is 0.405 e. The van der Waals surface area contributed by atoms with Gasteiger partial charge in [0.25, 0.3) is 5.69 Å². The molecule has 1 aromatic carbocycles. The molecule has 0 spiro atoms. The van der Waals surface area contributed by atoms with Crippen LogP contribution in [-0.2, 0) is 4.74 Å². The van der Waals surface area contributed by atoms with E-state index in [0.29, 0.717) is 0 Å². The standard InChI is InChI=1S/C6H5NO2.C5H11NO2/c8-7(9)6-4-2-1-3-5-6;1-5(2,3)8-4(6)7/h1-5H;1-3H3,(H2,6,7). The molecule has 0 aromatic heterocycles. The third-order valence-corrected chi connectivity index (χ3v) is 1.37. The minimum Gasteiger partial charge on any atom is -0.444 e. The summed E-state index contributed by atoms with van der Waals surface area (Å²) in [6, 6.07) is 7.93. The van der Waals surface area contributed by atoms with Gasteiger partial charge in [0.15, 0.2) is 0 Å². The molecule has 1 rings (SSSR count). The molecule has 0 atom stereocenters. The number of primary amides is 1. The van der Waals surface area contributed by atoms with Gasteiger partial charge in [-0.25, -0.2) is 4.79 Å². The third kappa shape index (κ3) is 8.86. The Hall–Kier alpha value is -2.11. The number of hydrogen-bond acceptors (Lipinski definition) is 4. The van der Waals surface area contributed by atoms with Crippen molar-refractivity contribution in [3.8, 4) is 0 Å². The highest BCUT2D eigenvalue weighted by atomic mass is 16.6. The summed E-state index contributed by atoms with van der Waals surface area (Å²) in [6.07, 6.45) is -0.725. The predicted octanol–water partition coefficient (Wildman–Crippen LogP) is 2.48. The summed E-state index contributed by atoms with van der Waals surface area (Å²) in [4.78, 5) is 19.6. The lowest BCUT2D eigenvalue weighted by molar-refractivity contribution is -0.384. The van der Waals surface area contributed by atoms with Crippen LogP contribution in [0, 0.1) is 10.1 Å². The van der Waals surface area contributed by atoms with Crippen LogP contribution in [0.5, 0.6) is 0 Å². The van der Waals surface area contributed by atoms with Crippen molar-refractivity contribution in [3.63, 3.8) is 0 Å². The zero-order valence-electron chi connectivity index (χ0n) is 10.0. The summed E-state index contributed by atoms with van der Waals surface area (Å²) in [7, 11) is 0. The number of para-hydroxylation sites is 1. The summed E-state index contributed by atoms with van der Waals surface area (Å²) in [5, 5.41) is 10.0. The Balaban J connectivity index is 0.000000304. The molecule has 0 heterocycles. The number of amides is 1. The summed E-state index contributed by atoms with van der Waals surface area (Å²) >= 11 is 0. The van der Waals surface area contributed by atoms with Crippen molar-refractivity contribution >= 4 is 11.8 Å². The number of carbonyl (C=O) groups excluding carboxylic acids is 1. The molecule has 1 aromatic rings. The highest BCUT2D eigenvalue weighted by molar-refractivity contribution is 5.65. The first-order chi connectivity index (χ1) is 7.72. The van der Waals surface area contributed by atoms with Crippen LogP contribution in [0.4, 0.5) is 10.5 Å². The number of carbonyl (C=O) groups is 1. The average Bonchev–Trinajstić information content (AvgIpc) is 2.16. The lowest BCUT2D eigenvalue weighted by Crippen LogP contribution is -2.27. The molecule has 17 heavy (non-hydrogen) atoms. The zero-order valence-corrected chi connectivity index (χ0v) is 10.0. The average molecular weight is 240 g/mol. The molecule has 0 bridgehead atoms. The van der Waals surface area contributed by atoms with E-state index in [2.05, 4.69) is 4.74 Å². The first-order valence-electron chi connectivity index (χ1n) is 4.90. The number of nitro benzene ring substituents is 1. The van der Waals surface area contributed by atoms with Crippen LogP contribution >= 0.6 is 0 Å². The van der Waals surface area contributed by atoms with Crippen LogP contribution in [0.15, 0.2) is 30.3 Å². The van der Waals surface area contributed by atoms with Crippen LogP contribution in [0.2, 0.25) is 0 Å². The van der Waals surface area contributed by atoms with E-state index in [4.69, 9.17) is 5.73 Å². The predicted molar refractivity (Wildman–Crippen MR) is 63.5 cm³/mol. The lowest BCUT2D eigenvalue weighted by atomic mass is 10.2. The van der Waals surface area contributed by atoms with E-state index in [0.717, 1.165) is 0 Å². The number of nitro groups is 1. The van der Waals surface area contributed by atoms with Crippen molar-refractivity contribution in [1.29, 1.82) is 0 Å². The molecule has 0 aliphatic heterocycles. The van der Waals surface area contributed by atoms with E-state index >= 15 is 0 Å². The van der Waals surface area contributed by atoms with Gasteiger partial charge in [-0.05, 0) is 20.8 Å². The number of rotatable bonds is 1. The molecule has 94 valence electrons. The van der Waals surface area contributed by atoms with Crippen molar-refractivity contribution in [3.05, 3.63) is 40.4 Å². The van der Waals surface area contributed by atoms with Crippen LogP contribution in [-0.4, -0.2) is 16.6 Å². The van der Waals surface area contributed by atoms with Crippen LogP contribution in [0.25, 0.3) is 0 Å². The number of nitrogens with zero attached hydrogens (tertiary/aromatic N) is 1. The Morgan fingerprint density at radius 1 is 1.29 bits per heavy atom. The fraction of sp³-hybridized carbons (Fsp3) is 0.364. The minimum atomic E-state index is -0.725. The number of nitrogens with two attached hydrogens (primary N) is 1. The second-order valence-electron chi connectivity index (χ2n) is 4.13. The topological polar surface area (TPSA) is 95.5 Å². The van der Waals surface area contributed by atoms with E-state index in [9.17, 15) is 14.9 Å². The van der Waals surface area contributed by atoms with Crippen molar-refractivity contribution in [1.82, 2.24) is 0 Å². The highest BCUT2D eigenvalue weighted by Crippen LogP contribution is 2.06. The van der Waals surface area contributed by atoms with E-state index in [1.54, 1.807) is 39.0 Å². The molecule has 6 heteroatoms. The molecule has 0 radical (unpaired) electrons. The third-order valence-electron chi connectivity index (χ3n) is 1.37. The molecule has 1 amide bonds. The maximum atomic E-state index is 10.0. The van der Waals surface area contributed by atoms with E-state index in [1.807, 2.05) is 0 Å². The first kappa shape index (κ1) is 14.9. The van der Waals surface area contributed by atoms with Gasteiger partial charge in [-0.1, -0.05) is 18.2 Å². The van der Waals surface area contributed by atoms with Gasteiger partial charge in [0, 0.05) is 12.1 Å². The second-order valence-corrected chi connectivity index (χ2v) is 4.13.